The standard InChI is InChI=1S/C22H19NO4S/c1-3-27-22(26)18-17(15-10-6-4-7-11-15)19(14(2)24)28-21(18)23-20(25)16-12-8-5-9-13-16/h4-13H,3H2,1-2H3,(H,23,25). The molecule has 0 saturated heterocycles. The second-order valence-electron chi connectivity index (χ2n) is 5.97. The summed E-state index contributed by atoms with van der Waals surface area (Å²) < 4.78 is 5.22. The van der Waals surface area contributed by atoms with Crippen molar-refractivity contribution in [3.63, 3.8) is 0 Å². The normalized spacial score (nSPS) is 10.4. The Labute approximate surface area is 167 Å². The number of hydrogen-bond acceptors (Lipinski definition) is 5. The van der Waals surface area contributed by atoms with Crippen LogP contribution in [0.2, 0.25) is 0 Å². The van der Waals surface area contributed by atoms with Crippen molar-refractivity contribution < 1.29 is 19.1 Å². The lowest BCUT2D eigenvalue weighted by molar-refractivity contribution is 0.0529. The summed E-state index contributed by atoms with van der Waals surface area (Å²) in [7, 11) is 0. The van der Waals surface area contributed by atoms with Gasteiger partial charge in [-0.25, -0.2) is 4.79 Å². The number of rotatable bonds is 6. The number of carbonyl (C=O) groups is 3. The molecule has 0 atom stereocenters. The maximum Gasteiger partial charge on any atom is 0.341 e. The van der Waals surface area contributed by atoms with Gasteiger partial charge in [0.05, 0.1) is 11.5 Å². The van der Waals surface area contributed by atoms with Crippen LogP contribution in [0.4, 0.5) is 5.00 Å². The first-order valence-corrected chi connectivity index (χ1v) is 9.61. The van der Waals surface area contributed by atoms with E-state index in [0.717, 1.165) is 11.3 Å². The molecule has 142 valence electrons. The third-order valence-corrected chi connectivity index (χ3v) is 5.24. The molecule has 1 amide bonds. The van der Waals surface area contributed by atoms with Crippen LogP contribution in [0.1, 0.15) is 44.2 Å². The number of ether oxygens (including phenoxy) is 1. The molecule has 1 heterocycles. The van der Waals surface area contributed by atoms with Crippen LogP contribution < -0.4 is 5.32 Å². The number of anilines is 1. The van der Waals surface area contributed by atoms with Gasteiger partial charge in [0.1, 0.15) is 10.6 Å². The Bertz CT molecular complexity index is 1010. The maximum absolute atomic E-state index is 12.7. The van der Waals surface area contributed by atoms with Crippen LogP contribution in [0.15, 0.2) is 60.7 Å². The molecule has 0 spiro atoms. The molecule has 0 aliphatic carbocycles. The maximum atomic E-state index is 12.7. The van der Waals surface area contributed by atoms with Gasteiger partial charge in [0.25, 0.3) is 5.91 Å². The summed E-state index contributed by atoms with van der Waals surface area (Å²) in [6.07, 6.45) is 0. The van der Waals surface area contributed by atoms with Crippen LogP contribution >= 0.6 is 11.3 Å². The topological polar surface area (TPSA) is 72.5 Å². The van der Waals surface area contributed by atoms with E-state index >= 15 is 0 Å². The summed E-state index contributed by atoms with van der Waals surface area (Å²) in [5.74, 6) is -1.12. The number of carbonyl (C=O) groups excluding carboxylic acids is 3. The van der Waals surface area contributed by atoms with E-state index in [1.807, 2.05) is 36.4 Å². The summed E-state index contributed by atoms with van der Waals surface area (Å²) >= 11 is 1.08. The molecule has 3 rings (SSSR count). The Kier molecular flexibility index (Phi) is 6.01. The fourth-order valence-corrected chi connectivity index (χ4v) is 3.91. The van der Waals surface area contributed by atoms with Gasteiger partial charge in [-0.1, -0.05) is 48.5 Å². The van der Waals surface area contributed by atoms with Gasteiger partial charge in [-0.15, -0.1) is 11.3 Å². The molecule has 0 aliphatic heterocycles. The van der Waals surface area contributed by atoms with Gasteiger partial charge in [0.15, 0.2) is 5.78 Å². The van der Waals surface area contributed by atoms with Gasteiger partial charge in [-0.3, -0.25) is 9.59 Å². The summed E-state index contributed by atoms with van der Waals surface area (Å²) in [4.78, 5) is 38.1. The highest BCUT2D eigenvalue weighted by atomic mass is 32.1. The molecule has 1 N–H and O–H groups in total. The van der Waals surface area contributed by atoms with E-state index in [0.29, 0.717) is 26.6 Å². The van der Waals surface area contributed by atoms with Crippen molar-refractivity contribution in [3.05, 3.63) is 76.7 Å². The lowest BCUT2D eigenvalue weighted by Gasteiger charge is -2.09. The van der Waals surface area contributed by atoms with E-state index in [-0.39, 0.29) is 23.9 Å². The Balaban J connectivity index is 2.15. The molecule has 0 bridgehead atoms. The third-order valence-electron chi connectivity index (χ3n) is 4.03. The first kappa shape index (κ1) is 19.5. The van der Waals surface area contributed by atoms with E-state index < -0.39 is 5.97 Å². The molecule has 0 fully saturated rings. The minimum absolute atomic E-state index is 0.185. The molecule has 0 saturated carbocycles. The molecule has 6 heteroatoms. The fraction of sp³-hybridized carbons (Fsp3) is 0.136. The quantitative estimate of drug-likeness (QED) is 0.470. The third kappa shape index (κ3) is 4.02. The van der Waals surface area contributed by atoms with Gasteiger partial charge in [-0.05, 0) is 31.5 Å². The number of thiophene rings is 1. The molecule has 1 aromatic heterocycles. The molecule has 0 unspecified atom stereocenters. The first-order chi connectivity index (χ1) is 13.5. The first-order valence-electron chi connectivity index (χ1n) is 8.79. The molecule has 2 aromatic carbocycles. The fourth-order valence-electron chi connectivity index (χ4n) is 2.81. The molecule has 0 radical (unpaired) electrons. The van der Waals surface area contributed by atoms with Crippen LogP contribution in [0, 0.1) is 0 Å². The number of benzene rings is 2. The highest BCUT2D eigenvalue weighted by Gasteiger charge is 2.28. The van der Waals surface area contributed by atoms with Crippen LogP contribution in [-0.4, -0.2) is 24.3 Å². The van der Waals surface area contributed by atoms with E-state index in [1.54, 1.807) is 31.2 Å². The Morgan fingerprint density at radius 3 is 2.14 bits per heavy atom. The molecule has 28 heavy (non-hydrogen) atoms. The summed E-state index contributed by atoms with van der Waals surface area (Å²) in [6, 6.07) is 17.8. The van der Waals surface area contributed by atoms with Crippen LogP contribution in [0.5, 0.6) is 0 Å². The van der Waals surface area contributed by atoms with Crippen molar-refractivity contribution in [1.82, 2.24) is 0 Å². The predicted molar refractivity (Wildman–Crippen MR) is 110 cm³/mol. The lowest BCUT2D eigenvalue weighted by Crippen LogP contribution is -2.14. The minimum atomic E-state index is -0.575. The Hall–Kier alpha value is -3.25. The molecule has 5 nitrogen and oxygen atoms in total. The summed E-state index contributed by atoms with van der Waals surface area (Å²) in [5.41, 5.74) is 1.86. The van der Waals surface area contributed by atoms with Crippen molar-refractivity contribution in [2.75, 3.05) is 11.9 Å². The summed E-state index contributed by atoms with van der Waals surface area (Å²) in [6.45, 7) is 3.33. The van der Waals surface area contributed by atoms with Gasteiger partial charge in [0.2, 0.25) is 0 Å². The lowest BCUT2D eigenvalue weighted by atomic mass is 10.00. The van der Waals surface area contributed by atoms with E-state index in [2.05, 4.69) is 5.32 Å². The van der Waals surface area contributed by atoms with Crippen molar-refractivity contribution >= 4 is 34.0 Å². The zero-order valence-electron chi connectivity index (χ0n) is 15.5. The Morgan fingerprint density at radius 1 is 0.964 bits per heavy atom. The molecule has 0 aliphatic rings. The van der Waals surface area contributed by atoms with Gasteiger partial charge >= 0.3 is 5.97 Å². The predicted octanol–water partition coefficient (Wildman–Crippen LogP) is 5.05. The SMILES string of the molecule is CCOC(=O)c1c(NC(=O)c2ccccc2)sc(C(C)=O)c1-c1ccccc1. The molecular formula is C22H19NO4S. The number of hydrogen-bond donors (Lipinski definition) is 1. The van der Waals surface area contributed by atoms with Crippen LogP contribution in [0.25, 0.3) is 11.1 Å². The van der Waals surface area contributed by atoms with E-state index in [4.69, 9.17) is 4.74 Å². The summed E-state index contributed by atoms with van der Waals surface area (Å²) in [5, 5.41) is 3.08. The zero-order chi connectivity index (χ0) is 20.1. The van der Waals surface area contributed by atoms with Crippen LogP contribution in [0.3, 0.4) is 0 Å². The number of nitrogens with one attached hydrogen (secondary N) is 1. The van der Waals surface area contributed by atoms with Crippen molar-refractivity contribution in [1.29, 1.82) is 0 Å². The Morgan fingerprint density at radius 2 is 1.57 bits per heavy atom. The number of Topliss-reactive ketones (excluding diaryl/α,β-unsaturated/α-hetero) is 1. The van der Waals surface area contributed by atoms with Crippen molar-refractivity contribution in [3.8, 4) is 11.1 Å². The molecular weight excluding hydrogens is 374 g/mol. The highest BCUT2D eigenvalue weighted by molar-refractivity contribution is 7.19. The minimum Gasteiger partial charge on any atom is -0.462 e. The smallest absolute Gasteiger partial charge is 0.341 e. The number of ketones is 1. The largest absolute Gasteiger partial charge is 0.462 e. The van der Waals surface area contributed by atoms with E-state index in [9.17, 15) is 14.4 Å². The van der Waals surface area contributed by atoms with Crippen LogP contribution in [-0.2, 0) is 4.74 Å². The van der Waals surface area contributed by atoms with Gasteiger partial charge in [0, 0.05) is 11.1 Å². The number of amides is 1. The van der Waals surface area contributed by atoms with Gasteiger partial charge < -0.3 is 10.1 Å². The molecule has 3 aromatic rings. The zero-order valence-corrected chi connectivity index (χ0v) is 16.3. The number of esters is 1. The van der Waals surface area contributed by atoms with Gasteiger partial charge in [-0.2, -0.15) is 0 Å². The van der Waals surface area contributed by atoms with Crippen molar-refractivity contribution in [2.24, 2.45) is 0 Å². The second kappa shape index (κ2) is 8.63. The highest BCUT2D eigenvalue weighted by Crippen LogP contribution is 2.41. The monoisotopic (exact) mass is 393 g/mol. The van der Waals surface area contributed by atoms with Crippen molar-refractivity contribution in [2.45, 2.75) is 13.8 Å². The van der Waals surface area contributed by atoms with E-state index in [1.165, 1.54) is 6.92 Å². The average molecular weight is 393 g/mol. The average Bonchev–Trinajstić information content (AvgIpc) is 3.09. The second-order valence-corrected chi connectivity index (χ2v) is 6.99.